The largest absolute Gasteiger partial charge is 0.453 e. The number of amides is 3. The fourth-order valence-electron chi connectivity index (χ4n) is 2.06. The van der Waals surface area contributed by atoms with Gasteiger partial charge in [-0.15, -0.1) is 0 Å². The zero-order valence-corrected chi connectivity index (χ0v) is 15.7. The number of thioether (sulfide) groups is 1. The van der Waals surface area contributed by atoms with Crippen molar-refractivity contribution in [2.24, 2.45) is 5.73 Å². The molecule has 1 atom stereocenters. The van der Waals surface area contributed by atoms with E-state index in [1.165, 1.54) is 31.2 Å². The number of urea groups is 1. The van der Waals surface area contributed by atoms with E-state index in [4.69, 9.17) is 10.5 Å². The summed E-state index contributed by atoms with van der Waals surface area (Å²) in [5.74, 6) is -3.52. The Hall–Kier alpha value is -2.36. The summed E-state index contributed by atoms with van der Waals surface area (Å²) in [6.07, 6.45) is 1.14. The third-order valence-corrected chi connectivity index (χ3v) is 4.10. The number of carbonyl (C=O) groups is 3. The molecule has 0 aliphatic rings. The summed E-state index contributed by atoms with van der Waals surface area (Å²) in [5.41, 5.74) is 5.35. The lowest BCUT2D eigenvalue weighted by atomic mass is 10.2. The highest BCUT2D eigenvalue weighted by atomic mass is 32.2. The fraction of sp³-hybridized carbons (Fsp3) is 0.471. The molecule has 7 nitrogen and oxygen atoms in total. The summed E-state index contributed by atoms with van der Waals surface area (Å²) in [5, 5.41) is 5.01. The van der Waals surface area contributed by atoms with Gasteiger partial charge in [-0.25, -0.2) is 4.79 Å². The Morgan fingerprint density at radius 2 is 1.81 bits per heavy atom. The minimum absolute atomic E-state index is 0.160. The van der Waals surface area contributed by atoms with Crippen LogP contribution in [0.3, 0.4) is 0 Å². The molecule has 3 amide bonds. The number of anilines is 1. The van der Waals surface area contributed by atoms with Gasteiger partial charge in [-0.2, -0.15) is 8.78 Å². The molecule has 1 rings (SSSR count). The third kappa shape index (κ3) is 10.4. The van der Waals surface area contributed by atoms with Gasteiger partial charge < -0.3 is 21.1 Å². The van der Waals surface area contributed by atoms with Crippen LogP contribution >= 0.6 is 11.8 Å². The topological polar surface area (TPSA) is 111 Å². The second-order valence-corrected chi connectivity index (χ2v) is 6.69. The number of nitrogens with one attached hydrogen (secondary N) is 2. The average molecular weight is 403 g/mol. The van der Waals surface area contributed by atoms with Gasteiger partial charge in [-0.3, -0.25) is 9.59 Å². The first-order valence-electron chi connectivity index (χ1n) is 8.36. The molecule has 0 aliphatic heterocycles. The van der Waals surface area contributed by atoms with E-state index in [-0.39, 0.29) is 6.42 Å². The molecule has 27 heavy (non-hydrogen) atoms. The molecule has 0 heterocycles. The standard InChI is InChI=1S/C17H23F2N3O4S/c1-11(26-14(23)5-3-2-4-10-21-17(20)25)15(24)22-12-6-8-13(9-7-12)27-16(18)19/h6-9,11,16H,2-5,10H2,1H3,(H,22,24)(H3,20,21,25)/t11-/m1/s1. The Morgan fingerprint density at radius 1 is 1.15 bits per heavy atom. The molecule has 0 fully saturated rings. The molecular formula is C17H23F2N3O4S. The minimum Gasteiger partial charge on any atom is -0.453 e. The number of nitrogens with two attached hydrogens (primary N) is 1. The van der Waals surface area contributed by atoms with Crippen LogP contribution < -0.4 is 16.4 Å². The molecule has 0 aromatic heterocycles. The van der Waals surface area contributed by atoms with Crippen molar-refractivity contribution < 1.29 is 27.9 Å². The van der Waals surface area contributed by atoms with Gasteiger partial charge in [-0.1, -0.05) is 18.2 Å². The van der Waals surface area contributed by atoms with Crippen LogP contribution in [-0.4, -0.2) is 36.3 Å². The predicted octanol–water partition coefficient (Wildman–Crippen LogP) is 3.10. The maximum atomic E-state index is 12.3. The lowest BCUT2D eigenvalue weighted by molar-refractivity contribution is -0.153. The van der Waals surface area contributed by atoms with Gasteiger partial charge in [0.05, 0.1) is 0 Å². The minimum atomic E-state index is -2.51. The normalized spacial score (nSPS) is 11.7. The van der Waals surface area contributed by atoms with Crippen molar-refractivity contribution in [3.8, 4) is 0 Å². The summed E-state index contributed by atoms with van der Waals surface area (Å²) >= 11 is 0.412. The molecule has 4 N–H and O–H groups in total. The van der Waals surface area contributed by atoms with E-state index >= 15 is 0 Å². The Kier molecular flexibility index (Phi) is 10.2. The lowest BCUT2D eigenvalue weighted by Crippen LogP contribution is -2.30. The van der Waals surface area contributed by atoms with Crippen molar-refractivity contribution in [1.82, 2.24) is 5.32 Å². The lowest BCUT2D eigenvalue weighted by Gasteiger charge is -2.14. The number of alkyl halides is 2. The Balaban J connectivity index is 2.28. The summed E-state index contributed by atoms with van der Waals surface area (Å²) in [6.45, 7) is 1.89. The Morgan fingerprint density at radius 3 is 2.41 bits per heavy atom. The molecule has 10 heteroatoms. The number of benzene rings is 1. The van der Waals surface area contributed by atoms with Crippen LogP contribution in [-0.2, 0) is 14.3 Å². The fourth-order valence-corrected chi connectivity index (χ4v) is 2.55. The van der Waals surface area contributed by atoms with Crippen molar-refractivity contribution in [2.75, 3.05) is 11.9 Å². The van der Waals surface area contributed by atoms with Gasteiger partial charge >= 0.3 is 12.0 Å². The van der Waals surface area contributed by atoms with Crippen LogP contribution in [0, 0.1) is 0 Å². The first-order valence-corrected chi connectivity index (χ1v) is 9.24. The van der Waals surface area contributed by atoms with Gasteiger partial charge in [0.2, 0.25) is 0 Å². The Labute approximate surface area is 160 Å². The second kappa shape index (κ2) is 12.1. The number of rotatable bonds is 11. The van der Waals surface area contributed by atoms with E-state index in [2.05, 4.69) is 10.6 Å². The van der Waals surface area contributed by atoms with Crippen LogP contribution in [0.15, 0.2) is 29.2 Å². The van der Waals surface area contributed by atoms with E-state index in [0.29, 0.717) is 48.2 Å². The summed E-state index contributed by atoms with van der Waals surface area (Å²) in [4.78, 5) is 34.6. The van der Waals surface area contributed by atoms with Crippen LogP contribution in [0.1, 0.15) is 32.6 Å². The number of ether oxygens (including phenoxy) is 1. The molecule has 0 bridgehead atoms. The highest BCUT2D eigenvalue weighted by molar-refractivity contribution is 7.99. The number of hydrogen-bond donors (Lipinski definition) is 3. The van der Waals surface area contributed by atoms with Crippen molar-refractivity contribution in [1.29, 1.82) is 0 Å². The molecule has 0 saturated heterocycles. The van der Waals surface area contributed by atoms with E-state index in [0.717, 1.165) is 0 Å². The molecular weight excluding hydrogens is 380 g/mol. The Bertz CT molecular complexity index is 629. The van der Waals surface area contributed by atoms with Crippen LogP contribution in [0.25, 0.3) is 0 Å². The van der Waals surface area contributed by atoms with E-state index in [1.807, 2.05) is 0 Å². The second-order valence-electron chi connectivity index (χ2n) is 5.63. The molecule has 0 saturated carbocycles. The molecule has 0 radical (unpaired) electrons. The number of unbranched alkanes of at least 4 members (excludes halogenated alkanes) is 2. The quantitative estimate of drug-likeness (QED) is 0.299. The zero-order chi connectivity index (χ0) is 20.2. The van der Waals surface area contributed by atoms with Gasteiger partial charge in [0, 0.05) is 23.5 Å². The summed E-state index contributed by atoms with van der Waals surface area (Å²) < 4.78 is 29.6. The molecule has 0 unspecified atom stereocenters. The number of esters is 1. The van der Waals surface area contributed by atoms with Gasteiger partial charge in [-0.05, 0) is 44.0 Å². The smallest absolute Gasteiger partial charge is 0.312 e. The monoisotopic (exact) mass is 403 g/mol. The number of halogens is 2. The van der Waals surface area contributed by atoms with Gasteiger partial charge in [0.15, 0.2) is 6.10 Å². The van der Waals surface area contributed by atoms with Crippen LogP contribution in [0.4, 0.5) is 19.3 Å². The third-order valence-electron chi connectivity index (χ3n) is 3.38. The van der Waals surface area contributed by atoms with Crippen LogP contribution in [0.2, 0.25) is 0 Å². The molecule has 0 spiro atoms. The van der Waals surface area contributed by atoms with E-state index < -0.39 is 29.8 Å². The summed E-state index contributed by atoms with van der Waals surface area (Å²) in [6, 6.07) is 5.35. The van der Waals surface area contributed by atoms with E-state index in [1.54, 1.807) is 0 Å². The summed E-state index contributed by atoms with van der Waals surface area (Å²) in [7, 11) is 0. The van der Waals surface area contributed by atoms with Gasteiger partial charge in [0.25, 0.3) is 11.7 Å². The van der Waals surface area contributed by atoms with Gasteiger partial charge in [0.1, 0.15) is 0 Å². The van der Waals surface area contributed by atoms with Crippen molar-refractivity contribution >= 4 is 35.4 Å². The molecule has 1 aromatic carbocycles. The predicted molar refractivity (Wildman–Crippen MR) is 98.5 cm³/mol. The first-order chi connectivity index (χ1) is 12.8. The van der Waals surface area contributed by atoms with Crippen molar-refractivity contribution in [2.45, 2.75) is 49.4 Å². The number of hydrogen-bond acceptors (Lipinski definition) is 5. The maximum Gasteiger partial charge on any atom is 0.312 e. The average Bonchev–Trinajstić information content (AvgIpc) is 2.58. The molecule has 1 aromatic rings. The maximum absolute atomic E-state index is 12.3. The molecule has 150 valence electrons. The highest BCUT2D eigenvalue weighted by Gasteiger charge is 2.17. The SMILES string of the molecule is C[C@@H](OC(=O)CCCCCNC(N)=O)C(=O)Nc1ccc(SC(F)F)cc1. The van der Waals surface area contributed by atoms with Crippen molar-refractivity contribution in [3.63, 3.8) is 0 Å². The number of carbonyl (C=O) groups excluding carboxylic acids is 3. The van der Waals surface area contributed by atoms with Crippen LogP contribution in [0.5, 0.6) is 0 Å². The molecule has 0 aliphatic carbocycles. The highest BCUT2D eigenvalue weighted by Crippen LogP contribution is 2.26. The van der Waals surface area contributed by atoms with Crippen molar-refractivity contribution in [3.05, 3.63) is 24.3 Å². The zero-order valence-electron chi connectivity index (χ0n) is 14.9. The van der Waals surface area contributed by atoms with E-state index in [9.17, 15) is 23.2 Å². The first kappa shape index (κ1) is 22.7. The number of primary amides is 1.